The molecular formula is C12H21N3O3S. The third-order valence-corrected chi connectivity index (χ3v) is 4.19. The van der Waals surface area contributed by atoms with E-state index in [0.29, 0.717) is 25.3 Å². The summed E-state index contributed by atoms with van der Waals surface area (Å²) in [6, 6.07) is 7.26. The van der Waals surface area contributed by atoms with Crippen molar-refractivity contribution in [2.24, 2.45) is 5.73 Å². The lowest BCUT2D eigenvalue weighted by atomic mass is 10.2. The summed E-state index contributed by atoms with van der Waals surface area (Å²) in [5, 5.41) is 0. The first kappa shape index (κ1) is 15.9. The Labute approximate surface area is 114 Å². The summed E-state index contributed by atoms with van der Waals surface area (Å²) in [5.74, 6) is 0.702. The Morgan fingerprint density at radius 3 is 2.79 bits per heavy atom. The van der Waals surface area contributed by atoms with Gasteiger partial charge in [0.05, 0.1) is 7.11 Å². The van der Waals surface area contributed by atoms with Gasteiger partial charge in [-0.2, -0.15) is 17.4 Å². The summed E-state index contributed by atoms with van der Waals surface area (Å²) in [6.45, 7) is 1.10. The first-order chi connectivity index (χ1) is 8.99. The van der Waals surface area contributed by atoms with E-state index in [9.17, 15) is 8.42 Å². The normalized spacial score (nSPS) is 11.8. The molecule has 0 unspecified atom stereocenters. The first-order valence-corrected chi connectivity index (χ1v) is 7.47. The van der Waals surface area contributed by atoms with Gasteiger partial charge in [-0.3, -0.25) is 0 Å². The minimum absolute atomic E-state index is 0.229. The highest BCUT2D eigenvalue weighted by atomic mass is 32.2. The second-order valence-electron chi connectivity index (χ2n) is 4.14. The second-order valence-corrected chi connectivity index (χ2v) is 6.00. The van der Waals surface area contributed by atoms with Crippen molar-refractivity contribution in [1.82, 2.24) is 9.03 Å². The number of ether oxygens (including phenoxy) is 1. The standard InChI is InChI=1S/C12H21N3O3S/c1-15(8-4-7-13)19(16,17)14-10-11-5-3-6-12(9-11)18-2/h3,5-6,9,14H,4,7-8,10,13H2,1-2H3. The van der Waals surface area contributed by atoms with Crippen LogP contribution in [-0.2, 0) is 16.8 Å². The maximum Gasteiger partial charge on any atom is 0.279 e. The van der Waals surface area contributed by atoms with Gasteiger partial charge in [0.25, 0.3) is 10.2 Å². The van der Waals surface area contributed by atoms with Crippen molar-refractivity contribution >= 4 is 10.2 Å². The number of methoxy groups -OCH3 is 1. The molecule has 0 aliphatic heterocycles. The number of benzene rings is 1. The van der Waals surface area contributed by atoms with Crippen molar-refractivity contribution in [1.29, 1.82) is 0 Å². The molecular weight excluding hydrogens is 266 g/mol. The zero-order valence-corrected chi connectivity index (χ0v) is 12.1. The van der Waals surface area contributed by atoms with E-state index in [4.69, 9.17) is 10.5 Å². The van der Waals surface area contributed by atoms with Gasteiger partial charge in [0, 0.05) is 20.1 Å². The monoisotopic (exact) mass is 287 g/mol. The van der Waals surface area contributed by atoms with Crippen LogP contribution in [0.25, 0.3) is 0 Å². The van der Waals surface area contributed by atoms with Crippen LogP contribution in [0.4, 0.5) is 0 Å². The van der Waals surface area contributed by atoms with Crippen molar-refractivity contribution < 1.29 is 13.2 Å². The predicted molar refractivity (Wildman–Crippen MR) is 75.1 cm³/mol. The number of hydrogen-bond donors (Lipinski definition) is 2. The molecule has 0 radical (unpaired) electrons. The molecule has 7 heteroatoms. The molecule has 0 saturated carbocycles. The van der Waals surface area contributed by atoms with Gasteiger partial charge < -0.3 is 10.5 Å². The second kappa shape index (κ2) is 7.44. The van der Waals surface area contributed by atoms with E-state index in [1.54, 1.807) is 13.2 Å². The van der Waals surface area contributed by atoms with Gasteiger partial charge in [-0.1, -0.05) is 12.1 Å². The number of rotatable bonds is 8. The van der Waals surface area contributed by atoms with Gasteiger partial charge in [0.1, 0.15) is 5.75 Å². The zero-order chi connectivity index (χ0) is 14.3. The fourth-order valence-corrected chi connectivity index (χ4v) is 2.44. The Hall–Kier alpha value is -1.15. The molecule has 0 spiro atoms. The smallest absolute Gasteiger partial charge is 0.279 e. The molecule has 6 nitrogen and oxygen atoms in total. The largest absolute Gasteiger partial charge is 0.497 e. The molecule has 0 atom stereocenters. The summed E-state index contributed by atoms with van der Waals surface area (Å²) in [7, 11) is -0.359. The van der Waals surface area contributed by atoms with Crippen LogP contribution in [0.5, 0.6) is 5.75 Å². The van der Waals surface area contributed by atoms with E-state index in [1.807, 2.05) is 18.2 Å². The van der Waals surface area contributed by atoms with Crippen molar-refractivity contribution in [3.8, 4) is 5.75 Å². The Kier molecular flexibility index (Phi) is 6.23. The summed E-state index contributed by atoms with van der Waals surface area (Å²) in [6.07, 6.45) is 0.635. The van der Waals surface area contributed by atoms with Crippen molar-refractivity contribution in [2.45, 2.75) is 13.0 Å². The SMILES string of the molecule is COc1cccc(CNS(=O)(=O)N(C)CCCN)c1. The molecule has 0 fully saturated rings. The lowest BCUT2D eigenvalue weighted by molar-refractivity contribution is 0.414. The summed E-state index contributed by atoms with van der Waals surface area (Å²) < 4.78 is 32.7. The lowest BCUT2D eigenvalue weighted by Crippen LogP contribution is -2.38. The van der Waals surface area contributed by atoms with Gasteiger partial charge in [-0.25, -0.2) is 0 Å². The highest BCUT2D eigenvalue weighted by molar-refractivity contribution is 7.87. The first-order valence-electron chi connectivity index (χ1n) is 6.03. The van der Waals surface area contributed by atoms with E-state index >= 15 is 0 Å². The van der Waals surface area contributed by atoms with Crippen LogP contribution in [0.2, 0.25) is 0 Å². The van der Waals surface area contributed by atoms with Crippen LogP contribution >= 0.6 is 0 Å². The van der Waals surface area contributed by atoms with Gasteiger partial charge in [0.2, 0.25) is 0 Å². The molecule has 108 valence electrons. The topological polar surface area (TPSA) is 84.7 Å². The molecule has 0 aliphatic rings. The minimum Gasteiger partial charge on any atom is -0.497 e. The van der Waals surface area contributed by atoms with Crippen molar-refractivity contribution in [2.75, 3.05) is 27.2 Å². The fourth-order valence-electron chi connectivity index (χ4n) is 1.50. The summed E-state index contributed by atoms with van der Waals surface area (Å²) >= 11 is 0. The Bertz CT molecular complexity index is 491. The van der Waals surface area contributed by atoms with Crippen LogP contribution < -0.4 is 15.2 Å². The van der Waals surface area contributed by atoms with E-state index < -0.39 is 10.2 Å². The number of nitrogens with one attached hydrogen (secondary N) is 1. The Morgan fingerprint density at radius 2 is 2.16 bits per heavy atom. The lowest BCUT2D eigenvalue weighted by Gasteiger charge is -2.17. The van der Waals surface area contributed by atoms with Crippen molar-refractivity contribution in [3.05, 3.63) is 29.8 Å². The highest BCUT2D eigenvalue weighted by Crippen LogP contribution is 2.12. The Balaban J connectivity index is 2.59. The van der Waals surface area contributed by atoms with Crippen LogP contribution in [0.15, 0.2) is 24.3 Å². The summed E-state index contributed by atoms with van der Waals surface area (Å²) in [5.41, 5.74) is 6.20. The van der Waals surface area contributed by atoms with Crippen LogP contribution in [0.3, 0.4) is 0 Å². The average molecular weight is 287 g/mol. The van der Waals surface area contributed by atoms with Gasteiger partial charge in [-0.05, 0) is 30.7 Å². The van der Waals surface area contributed by atoms with E-state index in [-0.39, 0.29) is 6.54 Å². The zero-order valence-electron chi connectivity index (χ0n) is 11.3. The highest BCUT2D eigenvalue weighted by Gasteiger charge is 2.16. The van der Waals surface area contributed by atoms with Gasteiger partial charge in [-0.15, -0.1) is 0 Å². The molecule has 0 aromatic heterocycles. The van der Waals surface area contributed by atoms with Crippen LogP contribution in [0, 0.1) is 0 Å². The van der Waals surface area contributed by atoms with Gasteiger partial charge >= 0.3 is 0 Å². The summed E-state index contributed by atoms with van der Waals surface area (Å²) in [4.78, 5) is 0. The molecule has 0 saturated heterocycles. The maximum atomic E-state index is 11.9. The van der Waals surface area contributed by atoms with Crippen molar-refractivity contribution in [3.63, 3.8) is 0 Å². The molecule has 3 N–H and O–H groups in total. The third kappa shape index (κ3) is 5.15. The Morgan fingerprint density at radius 1 is 1.42 bits per heavy atom. The number of hydrogen-bond acceptors (Lipinski definition) is 4. The quantitative estimate of drug-likeness (QED) is 0.720. The molecule has 0 bridgehead atoms. The molecule has 1 rings (SSSR count). The average Bonchev–Trinajstić information content (AvgIpc) is 2.42. The molecule has 19 heavy (non-hydrogen) atoms. The molecule has 0 aliphatic carbocycles. The predicted octanol–water partition coefficient (Wildman–Crippen LogP) is 0.310. The van der Waals surface area contributed by atoms with Crippen LogP contribution in [0.1, 0.15) is 12.0 Å². The molecule has 1 aromatic carbocycles. The van der Waals surface area contributed by atoms with E-state index in [2.05, 4.69) is 4.72 Å². The maximum absolute atomic E-state index is 11.9. The van der Waals surface area contributed by atoms with Crippen LogP contribution in [-0.4, -0.2) is 40.0 Å². The minimum atomic E-state index is -3.46. The number of nitrogens with zero attached hydrogens (tertiary/aromatic N) is 1. The third-order valence-electron chi connectivity index (χ3n) is 2.68. The van der Waals surface area contributed by atoms with Gasteiger partial charge in [0.15, 0.2) is 0 Å². The molecule has 0 amide bonds. The number of nitrogens with two attached hydrogens (primary N) is 1. The molecule has 0 heterocycles. The molecule has 1 aromatic rings. The van der Waals surface area contributed by atoms with E-state index in [1.165, 1.54) is 11.4 Å². The van der Waals surface area contributed by atoms with E-state index in [0.717, 1.165) is 5.56 Å². The fraction of sp³-hybridized carbons (Fsp3) is 0.500.